The molecule has 6 heteroatoms. The standard InChI is InChI=1S/C18H19NO5/c1-18(2,3)13-8-4-6-10-15(13)24-17(20)12-23-16-11-7-5-9-14(16)19(21)22/h4-11H,12H2,1-3H3. The first-order chi connectivity index (χ1) is 11.3. The molecule has 0 aliphatic carbocycles. The first kappa shape index (κ1) is 17.5. The molecule has 6 nitrogen and oxygen atoms in total. The maximum atomic E-state index is 12.0. The Bertz CT molecular complexity index is 749. The number of nitrogens with zero attached hydrogens (tertiary/aromatic N) is 1. The Kier molecular flexibility index (Phi) is 5.18. The van der Waals surface area contributed by atoms with E-state index in [0.717, 1.165) is 5.56 Å². The van der Waals surface area contributed by atoms with E-state index in [1.54, 1.807) is 18.2 Å². The second-order valence-electron chi connectivity index (χ2n) is 6.23. The van der Waals surface area contributed by atoms with Crippen molar-refractivity contribution < 1.29 is 19.2 Å². The third kappa shape index (κ3) is 4.32. The van der Waals surface area contributed by atoms with Gasteiger partial charge in [-0.2, -0.15) is 0 Å². The third-order valence-electron chi connectivity index (χ3n) is 3.33. The van der Waals surface area contributed by atoms with Crippen molar-refractivity contribution in [2.75, 3.05) is 6.61 Å². The molecule has 0 bridgehead atoms. The van der Waals surface area contributed by atoms with Crippen molar-refractivity contribution in [3.05, 3.63) is 64.2 Å². The van der Waals surface area contributed by atoms with E-state index < -0.39 is 17.5 Å². The molecule has 0 atom stereocenters. The van der Waals surface area contributed by atoms with E-state index in [0.29, 0.717) is 5.75 Å². The summed E-state index contributed by atoms with van der Waals surface area (Å²) in [6.07, 6.45) is 0. The Morgan fingerprint density at radius 2 is 1.62 bits per heavy atom. The molecule has 0 heterocycles. The topological polar surface area (TPSA) is 78.7 Å². The largest absolute Gasteiger partial charge is 0.475 e. The van der Waals surface area contributed by atoms with Gasteiger partial charge in [-0.15, -0.1) is 0 Å². The van der Waals surface area contributed by atoms with Gasteiger partial charge in [-0.1, -0.05) is 51.1 Å². The van der Waals surface area contributed by atoms with Crippen molar-refractivity contribution in [2.45, 2.75) is 26.2 Å². The second-order valence-corrected chi connectivity index (χ2v) is 6.23. The summed E-state index contributed by atoms with van der Waals surface area (Å²) in [7, 11) is 0. The lowest BCUT2D eigenvalue weighted by molar-refractivity contribution is -0.385. The summed E-state index contributed by atoms with van der Waals surface area (Å²) in [4.78, 5) is 22.4. The fourth-order valence-corrected chi connectivity index (χ4v) is 2.19. The smallest absolute Gasteiger partial charge is 0.349 e. The van der Waals surface area contributed by atoms with Crippen molar-refractivity contribution in [2.24, 2.45) is 0 Å². The van der Waals surface area contributed by atoms with Gasteiger partial charge in [0.1, 0.15) is 5.75 Å². The van der Waals surface area contributed by atoms with Crippen LogP contribution in [0.4, 0.5) is 5.69 Å². The number of esters is 1. The van der Waals surface area contributed by atoms with Crippen molar-refractivity contribution >= 4 is 11.7 Å². The number of rotatable bonds is 5. The molecule has 2 aromatic carbocycles. The molecule has 0 amide bonds. The fourth-order valence-electron chi connectivity index (χ4n) is 2.19. The molecule has 0 aromatic heterocycles. The number of hydrogen-bond acceptors (Lipinski definition) is 5. The van der Waals surface area contributed by atoms with Crippen LogP contribution in [0, 0.1) is 10.1 Å². The minimum absolute atomic E-state index is 0.0311. The molecule has 0 fully saturated rings. The number of para-hydroxylation sites is 3. The molecule has 0 unspecified atom stereocenters. The van der Waals surface area contributed by atoms with Gasteiger partial charge in [0, 0.05) is 11.6 Å². The lowest BCUT2D eigenvalue weighted by Crippen LogP contribution is -2.21. The summed E-state index contributed by atoms with van der Waals surface area (Å²) in [5.41, 5.74) is 0.514. The molecule has 0 radical (unpaired) electrons. The number of carbonyl (C=O) groups excluding carboxylic acids is 1. The zero-order valence-corrected chi connectivity index (χ0v) is 13.8. The zero-order valence-electron chi connectivity index (χ0n) is 13.8. The maximum Gasteiger partial charge on any atom is 0.349 e. The number of benzene rings is 2. The molecule has 0 aliphatic rings. The molecule has 2 rings (SSSR count). The van der Waals surface area contributed by atoms with Gasteiger partial charge in [0.05, 0.1) is 4.92 Å². The van der Waals surface area contributed by atoms with E-state index in [2.05, 4.69) is 0 Å². The number of nitro groups is 1. The predicted molar refractivity (Wildman–Crippen MR) is 89.4 cm³/mol. The van der Waals surface area contributed by atoms with Crippen LogP contribution in [-0.2, 0) is 10.2 Å². The SMILES string of the molecule is CC(C)(C)c1ccccc1OC(=O)COc1ccccc1[N+](=O)[O-]. The minimum atomic E-state index is -0.621. The first-order valence-electron chi connectivity index (χ1n) is 7.45. The summed E-state index contributed by atoms with van der Waals surface area (Å²) >= 11 is 0. The Morgan fingerprint density at radius 1 is 1.04 bits per heavy atom. The van der Waals surface area contributed by atoms with Crippen molar-refractivity contribution in [3.63, 3.8) is 0 Å². The highest BCUT2D eigenvalue weighted by atomic mass is 16.6. The Balaban J connectivity index is 2.07. The van der Waals surface area contributed by atoms with Gasteiger partial charge in [0.2, 0.25) is 0 Å². The molecular formula is C18H19NO5. The van der Waals surface area contributed by atoms with Gasteiger partial charge < -0.3 is 9.47 Å². The summed E-state index contributed by atoms with van der Waals surface area (Å²) in [5, 5.41) is 10.9. The Hall–Kier alpha value is -2.89. The molecule has 0 saturated heterocycles. The monoisotopic (exact) mass is 329 g/mol. The molecular weight excluding hydrogens is 310 g/mol. The van der Waals surface area contributed by atoms with Crippen molar-refractivity contribution in [1.82, 2.24) is 0 Å². The highest BCUT2D eigenvalue weighted by Crippen LogP contribution is 2.31. The van der Waals surface area contributed by atoms with E-state index in [-0.39, 0.29) is 16.9 Å². The average molecular weight is 329 g/mol. The molecule has 0 N–H and O–H groups in total. The normalized spacial score (nSPS) is 11.0. The van der Waals surface area contributed by atoms with Crippen molar-refractivity contribution in [1.29, 1.82) is 0 Å². The minimum Gasteiger partial charge on any atom is -0.475 e. The number of ether oxygens (including phenoxy) is 2. The highest BCUT2D eigenvalue weighted by Gasteiger charge is 2.21. The third-order valence-corrected chi connectivity index (χ3v) is 3.33. The van der Waals surface area contributed by atoms with Crippen LogP contribution in [0.5, 0.6) is 11.5 Å². The molecule has 0 spiro atoms. The van der Waals surface area contributed by atoms with Crippen LogP contribution in [0.15, 0.2) is 48.5 Å². The van der Waals surface area contributed by atoms with Gasteiger partial charge in [0.15, 0.2) is 12.4 Å². The van der Waals surface area contributed by atoms with Crippen LogP contribution in [0.2, 0.25) is 0 Å². The lowest BCUT2D eigenvalue weighted by Gasteiger charge is -2.22. The van der Waals surface area contributed by atoms with Crippen LogP contribution in [-0.4, -0.2) is 17.5 Å². The predicted octanol–water partition coefficient (Wildman–Crippen LogP) is 3.88. The van der Waals surface area contributed by atoms with Gasteiger partial charge in [-0.25, -0.2) is 4.79 Å². The number of carbonyl (C=O) groups is 1. The summed E-state index contributed by atoms with van der Waals surface area (Å²) < 4.78 is 10.6. The summed E-state index contributed by atoms with van der Waals surface area (Å²) in [6, 6.07) is 13.1. The quantitative estimate of drug-likeness (QED) is 0.360. The van der Waals surface area contributed by atoms with Gasteiger partial charge in [-0.05, 0) is 17.5 Å². The summed E-state index contributed by atoms with van der Waals surface area (Å²) in [5.74, 6) is -0.130. The van der Waals surface area contributed by atoms with E-state index in [4.69, 9.17) is 9.47 Å². The molecule has 126 valence electrons. The molecule has 0 aliphatic heterocycles. The fraction of sp³-hybridized carbons (Fsp3) is 0.278. The molecule has 0 saturated carbocycles. The van der Waals surface area contributed by atoms with Crippen LogP contribution >= 0.6 is 0 Å². The van der Waals surface area contributed by atoms with E-state index >= 15 is 0 Å². The lowest BCUT2D eigenvalue weighted by atomic mass is 9.86. The van der Waals surface area contributed by atoms with E-state index in [9.17, 15) is 14.9 Å². The second kappa shape index (κ2) is 7.12. The van der Waals surface area contributed by atoms with Gasteiger partial charge >= 0.3 is 11.7 Å². The highest BCUT2D eigenvalue weighted by molar-refractivity contribution is 5.74. The van der Waals surface area contributed by atoms with E-state index in [1.807, 2.05) is 32.9 Å². The first-order valence-corrected chi connectivity index (χ1v) is 7.45. The van der Waals surface area contributed by atoms with E-state index in [1.165, 1.54) is 18.2 Å². The van der Waals surface area contributed by atoms with Crippen LogP contribution in [0.25, 0.3) is 0 Å². The summed E-state index contributed by atoms with van der Waals surface area (Å²) in [6.45, 7) is 5.64. The van der Waals surface area contributed by atoms with Crippen molar-refractivity contribution in [3.8, 4) is 11.5 Å². The van der Waals surface area contributed by atoms with Gasteiger partial charge in [-0.3, -0.25) is 10.1 Å². The van der Waals surface area contributed by atoms with Crippen LogP contribution in [0.1, 0.15) is 26.3 Å². The molecule has 2 aromatic rings. The van der Waals surface area contributed by atoms with Gasteiger partial charge in [0.25, 0.3) is 0 Å². The number of hydrogen-bond donors (Lipinski definition) is 0. The Morgan fingerprint density at radius 3 is 2.25 bits per heavy atom. The van der Waals surface area contributed by atoms with Crippen LogP contribution < -0.4 is 9.47 Å². The number of nitro benzene ring substituents is 1. The Labute approximate surface area is 140 Å². The maximum absolute atomic E-state index is 12.0. The zero-order chi connectivity index (χ0) is 17.7. The van der Waals surface area contributed by atoms with Crippen LogP contribution in [0.3, 0.4) is 0 Å². The molecule has 24 heavy (non-hydrogen) atoms. The average Bonchev–Trinajstić information content (AvgIpc) is 2.52.